The van der Waals surface area contributed by atoms with Gasteiger partial charge in [0.25, 0.3) is 5.91 Å². The van der Waals surface area contributed by atoms with Gasteiger partial charge in [0, 0.05) is 43.9 Å². The van der Waals surface area contributed by atoms with E-state index in [9.17, 15) is 4.79 Å². The number of fused-ring (bicyclic) bond motifs is 1. The average Bonchev–Trinajstić information content (AvgIpc) is 3.11. The van der Waals surface area contributed by atoms with Crippen LogP contribution in [0.4, 0.5) is 11.4 Å². The van der Waals surface area contributed by atoms with Crippen molar-refractivity contribution < 1.29 is 4.79 Å². The van der Waals surface area contributed by atoms with Crippen LogP contribution in [0.2, 0.25) is 0 Å². The van der Waals surface area contributed by atoms with Crippen LogP contribution in [0.1, 0.15) is 23.2 Å². The summed E-state index contributed by atoms with van der Waals surface area (Å²) in [5, 5.41) is 7.29. The molecule has 1 aliphatic heterocycles. The second kappa shape index (κ2) is 8.89. The smallest absolute Gasteiger partial charge is 0.257 e. The number of hydrogen-bond donors (Lipinski definition) is 3. The summed E-state index contributed by atoms with van der Waals surface area (Å²) in [6.45, 7) is 1.88. The van der Waals surface area contributed by atoms with Gasteiger partial charge in [-0.3, -0.25) is 9.78 Å². The number of carbonyl (C=O) groups is 1. The average molecular weight is 466 g/mol. The lowest BCUT2D eigenvalue weighted by Crippen LogP contribution is -2.44. The van der Waals surface area contributed by atoms with Gasteiger partial charge < -0.3 is 20.5 Å². The van der Waals surface area contributed by atoms with Crippen LogP contribution in [0.25, 0.3) is 11.0 Å². The first-order chi connectivity index (χ1) is 13.2. The number of amides is 1. The highest BCUT2D eigenvalue weighted by atomic mass is 79.9. The van der Waals surface area contributed by atoms with Gasteiger partial charge in [-0.05, 0) is 48.0 Å². The summed E-state index contributed by atoms with van der Waals surface area (Å²) in [4.78, 5) is 26.6. The third-order valence-corrected chi connectivity index (χ3v) is 5.53. The zero-order valence-electron chi connectivity index (χ0n) is 15.4. The van der Waals surface area contributed by atoms with Crippen molar-refractivity contribution >= 4 is 56.7 Å². The molecule has 1 atom stereocenters. The molecule has 4 rings (SSSR count). The van der Waals surface area contributed by atoms with Crippen molar-refractivity contribution in [3.8, 4) is 0 Å². The second-order valence-electron chi connectivity index (χ2n) is 6.65. The minimum atomic E-state index is -0.193. The van der Waals surface area contributed by atoms with Crippen molar-refractivity contribution in [2.45, 2.75) is 18.9 Å². The van der Waals surface area contributed by atoms with Crippen LogP contribution in [0, 0.1) is 0 Å². The van der Waals surface area contributed by atoms with Gasteiger partial charge in [-0.25, -0.2) is 4.98 Å². The molecule has 7 nitrogen and oxygen atoms in total. The third-order valence-electron chi connectivity index (χ3n) is 4.95. The number of carbonyl (C=O) groups excluding carboxylic acids is 1. The molecule has 0 aromatic carbocycles. The summed E-state index contributed by atoms with van der Waals surface area (Å²) in [6.07, 6.45) is 9.09. The summed E-state index contributed by atoms with van der Waals surface area (Å²) in [5.74, 6) is -0.193. The lowest BCUT2D eigenvalue weighted by atomic mass is 10.0. The number of rotatable bonds is 4. The van der Waals surface area contributed by atoms with Gasteiger partial charge in [0.15, 0.2) is 0 Å². The second-order valence-corrected chi connectivity index (χ2v) is 7.50. The van der Waals surface area contributed by atoms with E-state index in [1.165, 1.54) is 0 Å². The molecule has 148 valence electrons. The fourth-order valence-electron chi connectivity index (χ4n) is 3.57. The van der Waals surface area contributed by atoms with Gasteiger partial charge in [-0.2, -0.15) is 0 Å². The number of piperidine rings is 1. The van der Waals surface area contributed by atoms with E-state index >= 15 is 0 Å². The van der Waals surface area contributed by atoms with Crippen LogP contribution < -0.4 is 15.5 Å². The molecule has 1 amide bonds. The fourth-order valence-corrected chi connectivity index (χ4v) is 4.12. The summed E-state index contributed by atoms with van der Waals surface area (Å²) in [7, 11) is 2.00. The molecular formula is C19H22BrClN6O. The van der Waals surface area contributed by atoms with Crippen molar-refractivity contribution in [2.75, 3.05) is 30.4 Å². The van der Waals surface area contributed by atoms with E-state index in [0.717, 1.165) is 47.1 Å². The molecule has 3 aromatic rings. The number of anilines is 2. The van der Waals surface area contributed by atoms with E-state index in [1.54, 1.807) is 30.7 Å². The molecular weight excluding hydrogens is 444 g/mol. The molecule has 4 heterocycles. The Kier molecular flexibility index (Phi) is 6.53. The highest BCUT2D eigenvalue weighted by molar-refractivity contribution is 9.10. The Balaban J connectivity index is 0.00000225. The Bertz CT molecular complexity index is 964. The van der Waals surface area contributed by atoms with Gasteiger partial charge in [-0.1, -0.05) is 0 Å². The van der Waals surface area contributed by atoms with Gasteiger partial charge in [0.1, 0.15) is 5.65 Å². The molecule has 0 spiro atoms. The van der Waals surface area contributed by atoms with Crippen molar-refractivity contribution in [1.82, 2.24) is 20.3 Å². The molecule has 1 fully saturated rings. The Morgan fingerprint density at radius 2 is 2.25 bits per heavy atom. The standard InChI is InChI=1S/C19H21BrN6O.ClH/c1-21-13-5-3-7-26(11-13)17-14(20)9-23-18-16(17)15(10-24-18)25-19(27)12-4-2-6-22-8-12;/h2,4,6,8-10,13,21H,3,5,7,11H2,1H3,(H,23,24)(H,25,27);1H. The molecule has 3 N–H and O–H groups in total. The largest absolute Gasteiger partial charge is 0.368 e. The van der Waals surface area contributed by atoms with Crippen molar-refractivity contribution in [1.29, 1.82) is 0 Å². The minimum Gasteiger partial charge on any atom is -0.368 e. The number of likely N-dealkylation sites (N-methyl/N-ethyl adjacent to an activating group) is 1. The number of aromatic amines is 1. The molecule has 3 aromatic heterocycles. The molecule has 0 bridgehead atoms. The SMILES string of the molecule is CNC1CCCN(c2c(Br)cnc3[nH]cc(NC(=O)c4cccnc4)c23)C1.Cl. The number of pyridine rings is 2. The van der Waals surface area contributed by atoms with Crippen LogP contribution >= 0.6 is 28.3 Å². The molecule has 1 saturated heterocycles. The van der Waals surface area contributed by atoms with Crippen LogP contribution in [0.3, 0.4) is 0 Å². The first kappa shape index (κ1) is 20.6. The summed E-state index contributed by atoms with van der Waals surface area (Å²) < 4.78 is 0.920. The van der Waals surface area contributed by atoms with Crippen molar-refractivity contribution in [2.24, 2.45) is 0 Å². The number of halogens is 2. The summed E-state index contributed by atoms with van der Waals surface area (Å²) >= 11 is 3.66. The van der Waals surface area contributed by atoms with Gasteiger partial charge in [-0.15, -0.1) is 12.4 Å². The lowest BCUT2D eigenvalue weighted by molar-refractivity contribution is 0.102. The Morgan fingerprint density at radius 1 is 1.39 bits per heavy atom. The van der Waals surface area contributed by atoms with Crippen LogP contribution in [0.15, 0.2) is 41.4 Å². The van der Waals surface area contributed by atoms with Gasteiger partial charge in [0.05, 0.1) is 26.8 Å². The number of H-pyrrole nitrogens is 1. The Labute approximate surface area is 177 Å². The maximum atomic E-state index is 12.6. The fraction of sp³-hybridized carbons (Fsp3) is 0.316. The quantitative estimate of drug-likeness (QED) is 0.548. The maximum absolute atomic E-state index is 12.6. The van der Waals surface area contributed by atoms with E-state index in [4.69, 9.17) is 0 Å². The number of aromatic nitrogens is 3. The van der Waals surface area contributed by atoms with Crippen LogP contribution in [0.5, 0.6) is 0 Å². The summed E-state index contributed by atoms with van der Waals surface area (Å²) in [6, 6.07) is 3.94. The van der Waals surface area contributed by atoms with E-state index in [2.05, 4.69) is 46.4 Å². The first-order valence-corrected chi connectivity index (χ1v) is 9.76. The van der Waals surface area contributed by atoms with E-state index in [-0.39, 0.29) is 18.3 Å². The van der Waals surface area contributed by atoms with E-state index < -0.39 is 0 Å². The molecule has 28 heavy (non-hydrogen) atoms. The minimum absolute atomic E-state index is 0. The molecule has 0 radical (unpaired) electrons. The highest BCUT2D eigenvalue weighted by Gasteiger charge is 2.24. The number of hydrogen-bond acceptors (Lipinski definition) is 5. The molecule has 1 unspecified atom stereocenters. The third kappa shape index (κ3) is 3.99. The van der Waals surface area contributed by atoms with Crippen molar-refractivity contribution in [3.63, 3.8) is 0 Å². The lowest BCUT2D eigenvalue weighted by Gasteiger charge is -2.35. The van der Waals surface area contributed by atoms with Gasteiger partial charge in [0.2, 0.25) is 0 Å². The predicted molar refractivity (Wildman–Crippen MR) is 118 cm³/mol. The van der Waals surface area contributed by atoms with Crippen LogP contribution in [-0.2, 0) is 0 Å². The maximum Gasteiger partial charge on any atom is 0.257 e. The van der Waals surface area contributed by atoms with Gasteiger partial charge >= 0.3 is 0 Å². The number of nitrogens with one attached hydrogen (secondary N) is 3. The zero-order valence-corrected chi connectivity index (χ0v) is 17.8. The summed E-state index contributed by atoms with van der Waals surface area (Å²) in [5.41, 5.74) is 3.04. The Hall–Kier alpha value is -2.16. The normalized spacial score (nSPS) is 16.6. The highest BCUT2D eigenvalue weighted by Crippen LogP contribution is 2.39. The molecule has 0 aliphatic carbocycles. The first-order valence-electron chi connectivity index (χ1n) is 8.96. The molecule has 1 aliphatic rings. The topological polar surface area (TPSA) is 85.9 Å². The molecule has 9 heteroatoms. The van der Waals surface area contributed by atoms with Crippen LogP contribution in [-0.4, -0.2) is 47.0 Å². The predicted octanol–water partition coefficient (Wildman–Crippen LogP) is 3.58. The Morgan fingerprint density at radius 3 is 3.00 bits per heavy atom. The monoisotopic (exact) mass is 464 g/mol. The zero-order chi connectivity index (χ0) is 18.8. The van der Waals surface area contributed by atoms with E-state index in [0.29, 0.717) is 17.3 Å². The van der Waals surface area contributed by atoms with E-state index in [1.807, 2.05) is 13.2 Å². The molecule has 0 saturated carbocycles. The number of nitrogens with zero attached hydrogens (tertiary/aromatic N) is 3. The van der Waals surface area contributed by atoms with Crippen molar-refractivity contribution in [3.05, 3.63) is 47.0 Å².